The Kier molecular flexibility index (Phi) is 6.02. The van der Waals surface area contributed by atoms with Crippen molar-refractivity contribution in [2.24, 2.45) is 11.7 Å². The van der Waals surface area contributed by atoms with Crippen LogP contribution in [0.15, 0.2) is 24.3 Å². The van der Waals surface area contributed by atoms with E-state index in [1.165, 1.54) is 0 Å². The molecule has 112 valence electrons. The second kappa shape index (κ2) is 7.29. The second-order valence-electron chi connectivity index (χ2n) is 6.02. The standard InChI is InChI=1S/C16H26N2O2/c1-12(2)9-10-20-14-7-5-13(6-8-14)11-18-16(3,4)15(17)19/h5-8,12,18H,9-11H2,1-4H3,(H2,17,19). The van der Waals surface area contributed by atoms with Gasteiger partial charge in [-0.15, -0.1) is 0 Å². The maximum atomic E-state index is 11.2. The van der Waals surface area contributed by atoms with E-state index in [2.05, 4.69) is 19.2 Å². The summed E-state index contributed by atoms with van der Waals surface area (Å²) in [6.45, 7) is 9.25. The van der Waals surface area contributed by atoms with Gasteiger partial charge in [0.05, 0.1) is 12.1 Å². The predicted octanol–water partition coefficient (Wildman–Crippen LogP) is 2.46. The van der Waals surface area contributed by atoms with Crippen LogP contribution in [0.1, 0.15) is 39.7 Å². The fourth-order valence-electron chi connectivity index (χ4n) is 1.53. The number of hydrogen-bond acceptors (Lipinski definition) is 3. The lowest BCUT2D eigenvalue weighted by Gasteiger charge is -2.22. The molecule has 20 heavy (non-hydrogen) atoms. The first kappa shape index (κ1) is 16.5. The molecule has 0 aliphatic carbocycles. The zero-order chi connectivity index (χ0) is 15.2. The summed E-state index contributed by atoms with van der Waals surface area (Å²) in [6.07, 6.45) is 1.05. The van der Waals surface area contributed by atoms with Crippen molar-refractivity contribution in [2.75, 3.05) is 6.61 Å². The van der Waals surface area contributed by atoms with E-state index in [-0.39, 0.29) is 5.91 Å². The molecule has 0 fully saturated rings. The number of amides is 1. The van der Waals surface area contributed by atoms with Crippen LogP contribution in [-0.2, 0) is 11.3 Å². The summed E-state index contributed by atoms with van der Waals surface area (Å²) in [5.41, 5.74) is 5.71. The third-order valence-electron chi connectivity index (χ3n) is 3.24. The van der Waals surface area contributed by atoms with Gasteiger partial charge < -0.3 is 10.5 Å². The Hall–Kier alpha value is -1.55. The van der Waals surface area contributed by atoms with Crippen molar-refractivity contribution in [3.05, 3.63) is 29.8 Å². The second-order valence-corrected chi connectivity index (χ2v) is 6.02. The third-order valence-corrected chi connectivity index (χ3v) is 3.24. The van der Waals surface area contributed by atoms with Gasteiger partial charge in [0.15, 0.2) is 0 Å². The van der Waals surface area contributed by atoms with Crippen molar-refractivity contribution >= 4 is 5.91 Å². The molecule has 1 rings (SSSR count). The molecule has 0 unspecified atom stereocenters. The van der Waals surface area contributed by atoms with Crippen LogP contribution in [0.4, 0.5) is 0 Å². The number of primary amides is 1. The van der Waals surface area contributed by atoms with E-state index in [4.69, 9.17) is 10.5 Å². The van der Waals surface area contributed by atoms with Crippen molar-refractivity contribution in [1.82, 2.24) is 5.32 Å². The van der Waals surface area contributed by atoms with Crippen LogP contribution in [-0.4, -0.2) is 18.1 Å². The highest BCUT2D eigenvalue weighted by Gasteiger charge is 2.23. The van der Waals surface area contributed by atoms with Gasteiger partial charge >= 0.3 is 0 Å². The molecule has 0 spiro atoms. The first-order chi connectivity index (χ1) is 9.31. The quantitative estimate of drug-likeness (QED) is 0.767. The van der Waals surface area contributed by atoms with Crippen LogP contribution >= 0.6 is 0 Å². The average Bonchev–Trinajstić information content (AvgIpc) is 2.37. The fourth-order valence-corrected chi connectivity index (χ4v) is 1.53. The van der Waals surface area contributed by atoms with Gasteiger partial charge in [0, 0.05) is 6.54 Å². The Labute approximate surface area is 121 Å². The summed E-state index contributed by atoms with van der Waals surface area (Å²) in [5, 5.41) is 3.14. The maximum absolute atomic E-state index is 11.2. The number of hydrogen-bond donors (Lipinski definition) is 2. The molecule has 1 aromatic rings. The van der Waals surface area contributed by atoms with Crippen LogP contribution in [0.2, 0.25) is 0 Å². The normalized spacial score (nSPS) is 11.7. The average molecular weight is 278 g/mol. The Balaban J connectivity index is 2.44. The van der Waals surface area contributed by atoms with Gasteiger partial charge in [-0.1, -0.05) is 26.0 Å². The molecule has 0 saturated heterocycles. The van der Waals surface area contributed by atoms with Gasteiger partial charge in [-0.05, 0) is 43.9 Å². The van der Waals surface area contributed by atoms with Crippen molar-refractivity contribution < 1.29 is 9.53 Å². The predicted molar refractivity (Wildman–Crippen MR) is 81.5 cm³/mol. The smallest absolute Gasteiger partial charge is 0.237 e. The molecular formula is C16H26N2O2. The SMILES string of the molecule is CC(C)CCOc1ccc(CNC(C)(C)C(N)=O)cc1. The number of nitrogens with two attached hydrogens (primary N) is 1. The molecule has 0 aliphatic rings. The molecule has 0 aliphatic heterocycles. The van der Waals surface area contributed by atoms with Crippen molar-refractivity contribution in [3.8, 4) is 5.75 Å². The first-order valence-corrected chi connectivity index (χ1v) is 7.08. The third kappa shape index (κ3) is 5.61. The lowest BCUT2D eigenvalue weighted by molar-refractivity contribution is -0.123. The van der Waals surface area contributed by atoms with Crippen LogP contribution in [0.3, 0.4) is 0 Å². The number of ether oxygens (including phenoxy) is 1. The van der Waals surface area contributed by atoms with E-state index >= 15 is 0 Å². The topological polar surface area (TPSA) is 64.3 Å². The van der Waals surface area contributed by atoms with Gasteiger partial charge in [0.1, 0.15) is 5.75 Å². The fraction of sp³-hybridized carbons (Fsp3) is 0.562. The zero-order valence-electron chi connectivity index (χ0n) is 12.9. The monoisotopic (exact) mass is 278 g/mol. The number of nitrogens with one attached hydrogen (secondary N) is 1. The molecule has 0 radical (unpaired) electrons. The van der Waals surface area contributed by atoms with E-state index < -0.39 is 5.54 Å². The van der Waals surface area contributed by atoms with Gasteiger partial charge in [-0.25, -0.2) is 0 Å². The molecule has 0 heterocycles. The molecule has 4 heteroatoms. The summed E-state index contributed by atoms with van der Waals surface area (Å²) >= 11 is 0. The van der Waals surface area contributed by atoms with E-state index in [9.17, 15) is 4.79 Å². The lowest BCUT2D eigenvalue weighted by atomic mass is 10.0. The molecule has 0 aromatic heterocycles. The van der Waals surface area contributed by atoms with Gasteiger partial charge in [-0.2, -0.15) is 0 Å². The van der Waals surface area contributed by atoms with Gasteiger partial charge in [-0.3, -0.25) is 10.1 Å². The maximum Gasteiger partial charge on any atom is 0.237 e. The number of rotatable bonds is 8. The first-order valence-electron chi connectivity index (χ1n) is 7.08. The Morgan fingerprint density at radius 3 is 2.40 bits per heavy atom. The largest absolute Gasteiger partial charge is 0.494 e. The molecule has 3 N–H and O–H groups in total. The summed E-state index contributed by atoms with van der Waals surface area (Å²) in [4.78, 5) is 11.2. The van der Waals surface area contributed by atoms with Crippen LogP contribution < -0.4 is 15.8 Å². The molecule has 0 atom stereocenters. The van der Waals surface area contributed by atoms with Crippen LogP contribution in [0.5, 0.6) is 5.75 Å². The van der Waals surface area contributed by atoms with Crippen molar-refractivity contribution in [3.63, 3.8) is 0 Å². The van der Waals surface area contributed by atoms with Crippen molar-refractivity contribution in [1.29, 1.82) is 0 Å². The minimum absolute atomic E-state index is 0.355. The molecule has 0 bridgehead atoms. The van der Waals surface area contributed by atoms with Crippen molar-refractivity contribution in [2.45, 2.75) is 46.2 Å². The summed E-state index contributed by atoms with van der Waals surface area (Å²) in [7, 11) is 0. The van der Waals surface area contributed by atoms with Gasteiger partial charge in [0.2, 0.25) is 5.91 Å². The highest BCUT2D eigenvalue weighted by atomic mass is 16.5. The van der Waals surface area contributed by atoms with Crippen LogP contribution in [0.25, 0.3) is 0 Å². The Bertz CT molecular complexity index is 425. The zero-order valence-corrected chi connectivity index (χ0v) is 12.9. The number of benzene rings is 1. The minimum Gasteiger partial charge on any atom is -0.494 e. The summed E-state index contributed by atoms with van der Waals surface area (Å²) in [6, 6.07) is 7.90. The molecular weight excluding hydrogens is 252 g/mol. The van der Waals surface area contributed by atoms with E-state index in [0.29, 0.717) is 12.5 Å². The lowest BCUT2D eigenvalue weighted by Crippen LogP contribution is -2.50. The highest BCUT2D eigenvalue weighted by Crippen LogP contribution is 2.14. The molecule has 4 nitrogen and oxygen atoms in total. The Morgan fingerprint density at radius 1 is 1.30 bits per heavy atom. The summed E-state index contributed by atoms with van der Waals surface area (Å²) < 4.78 is 5.66. The number of carbonyl (C=O) groups excluding carboxylic acids is 1. The summed E-state index contributed by atoms with van der Waals surface area (Å²) in [5.74, 6) is 1.17. The van der Waals surface area contributed by atoms with E-state index in [0.717, 1.165) is 24.3 Å². The van der Waals surface area contributed by atoms with E-state index in [1.54, 1.807) is 13.8 Å². The number of carbonyl (C=O) groups is 1. The van der Waals surface area contributed by atoms with Crippen LogP contribution in [0, 0.1) is 5.92 Å². The van der Waals surface area contributed by atoms with E-state index in [1.807, 2.05) is 24.3 Å². The molecule has 0 saturated carbocycles. The molecule has 1 aromatic carbocycles. The Morgan fingerprint density at radius 2 is 1.90 bits per heavy atom. The minimum atomic E-state index is -0.702. The highest BCUT2D eigenvalue weighted by molar-refractivity contribution is 5.83. The molecule has 1 amide bonds. The van der Waals surface area contributed by atoms with Gasteiger partial charge in [0.25, 0.3) is 0 Å².